The number of carbonyl (C=O) groups is 4. The van der Waals surface area contributed by atoms with Crippen LogP contribution < -0.4 is 20.4 Å². The van der Waals surface area contributed by atoms with Crippen LogP contribution in [0.15, 0.2) is 121 Å². The Labute approximate surface area is 447 Å². The Morgan fingerprint density at radius 1 is 0.562 bits per heavy atom. The number of hydrogen-bond donors (Lipinski definition) is 5. The summed E-state index contributed by atoms with van der Waals surface area (Å²) in [5, 5.41) is 14.0. The number of carbonyl (C=O) groups excluding carboxylic acids is 4. The van der Waals surface area contributed by atoms with Gasteiger partial charge in [0, 0.05) is 79.3 Å². The highest BCUT2D eigenvalue weighted by atomic mass is 36.0. The van der Waals surface area contributed by atoms with Crippen molar-refractivity contribution in [2.45, 2.75) is 65.6 Å². The number of amides is 4. The molecule has 2 heterocycles. The van der Waals surface area contributed by atoms with Crippen LogP contribution >= 0.6 is 69.9 Å². The number of aliphatic hydroxyl groups excluding tert-OH is 1. The summed E-state index contributed by atoms with van der Waals surface area (Å²) in [7, 11) is -4.76. The van der Waals surface area contributed by atoms with Crippen molar-refractivity contribution in [1.82, 2.24) is 0 Å². The Hall–Kier alpha value is -5.05. The van der Waals surface area contributed by atoms with Gasteiger partial charge in [-0.05, 0) is 194 Å². The number of anilines is 4. The van der Waals surface area contributed by atoms with Crippen LogP contribution in [0.5, 0.6) is 0 Å². The SMILES string of the molecule is Cc1ccccc1C(=O)Nc1ccc(C(=O)N2CCCC(O)c3cc(Cl)ccc32)c(C)c1.Cc1ccccc1C(=O)Nc1ccc(C(=O)N2CCCC(OP(=O)(O)O)c3cc(Cl)ccc32)c(C)c1.O=P(Cl)(Cl)Cl. The number of aliphatic hydroxyl groups is 1. The minimum absolute atomic E-state index is 0.142. The Bertz CT molecular complexity index is 3140. The van der Waals surface area contributed by atoms with Gasteiger partial charge >= 0.3 is 13.0 Å². The molecule has 0 aliphatic carbocycles. The average Bonchev–Trinajstić information content (AvgIpc) is 3.58. The number of phosphoric acid groups is 1. The molecule has 6 aromatic carbocycles. The lowest BCUT2D eigenvalue weighted by molar-refractivity contribution is 0.0978. The Balaban J connectivity index is 0.000000219. The first-order valence-electron chi connectivity index (χ1n) is 22.7. The summed E-state index contributed by atoms with van der Waals surface area (Å²) in [5.41, 5.74) is 8.85. The van der Waals surface area contributed by atoms with Crippen molar-refractivity contribution in [3.8, 4) is 0 Å². The molecule has 0 aromatic heterocycles. The summed E-state index contributed by atoms with van der Waals surface area (Å²) in [6.45, 7) is 8.24. The highest BCUT2D eigenvalue weighted by Crippen LogP contribution is 2.61. The molecular weight excluding hydrogens is 1080 g/mol. The predicted octanol–water partition coefficient (Wildman–Crippen LogP) is 14.3. The monoisotopic (exact) mass is 1130 g/mol. The Kier molecular flexibility index (Phi) is 19.6. The molecule has 4 amide bonds. The average molecular weight is 1130 g/mol. The molecule has 6 aromatic rings. The number of fused-ring (bicyclic) bond motifs is 2. The highest BCUT2D eigenvalue weighted by molar-refractivity contribution is 8.24. The summed E-state index contributed by atoms with van der Waals surface area (Å²) < 4.78 is 26.1. The van der Waals surface area contributed by atoms with E-state index in [9.17, 15) is 43.2 Å². The molecule has 2 unspecified atom stereocenters. The van der Waals surface area contributed by atoms with Gasteiger partial charge in [-0.15, -0.1) is 0 Å². The molecule has 0 fully saturated rings. The minimum atomic E-state index is -4.76. The smallest absolute Gasteiger partial charge is 0.388 e. The molecule has 0 saturated heterocycles. The third kappa shape index (κ3) is 15.7. The summed E-state index contributed by atoms with van der Waals surface area (Å²) in [4.78, 5) is 74.4. The molecule has 2 atom stereocenters. The quantitative estimate of drug-likeness (QED) is 0.0913. The number of halogens is 5. The van der Waals surface area contributed by atoms with E-state index in [2.05, 4.69) is 44.4 Å². The second-order valence-corrected chi connectivity index (χ2v) is 25.9. The Morgan fingerprint density at radius 2 is 0.973 bits per heavy atom. The van der Waals surface area contributed by atoms with Crippen LogP contribution in [0, 0.1) is 27.7 Å². The van der Waals surface area contributed by atoms with Gasteiger partial charge in [-0.1, -0.05) is 59.6 Å². The van der Waals surface area contributed by atoms with Gasteiger partial charge in [-0.2, -0.15) is 0 Å². The summed E-state index contributed by atoms with van der Waals surface area (Å²) in [6.07, 6.45) is 0.472. The number of phosphoric ester groups is 1. The van der Waals surface area contributed by atoms with Crippen LogP contribution in [0.3, 0.4) is 0 Å². The first kappa shape index (κ1) is 57.2. The minimum Gasteiger partial charge on any atom is -0.388 e. The van der Waals surface area contributed by atoms with E-state index in [1.165, 1.54) is 0 Å². The van der Waals surface area contributed by atoms with E-state index in [1.54, 1.807) is 108 Å². The first-order chi connectivity index (χ1) is 34.4. The van der Waals surface area contributed by atoms with Crippen LogP contribution in [-0.2, 0) is 13.7 Å². The molecule has 21 heteroatoms. The fourth-order valence-electron chi connectivity index (χ4n) is 8.50. The van der Waals surface area contributed by atoms with Gasteiger partial charge in [0.25, 0.3) is 23.6 Å². The number of nitrogens with zero attached hydrogens (tertiary/aromatic N) is 2. The van der Waals surface area contributed by atoms with E-state index in [0.29, 0.717) is 111 Å². The fourth-order valence-corrected chi connectivity index (χ4v) is 9.41. The maximum atomic E-state index is 13.6. The van der Waals surface area contributed by atoms with Gasteiger partial charge in [0.2, 0.25) is 0 Å². The maximum absolute atomic E-state index is 13.6. The zero-order valence-electron chi connectivity index (χ0n) is 39.8. The first-order valence-corrected chi connectivity index (χ1v) is 29.4. The molecule has 8 rings (SSSR count). The molecule has 5 N–H and O–H groups in total. The summed E-state index contributed by atoms with van der Waals surface area (Å²) in [5.74, 6) is -0.837. The van der Waals surface area contributed by atoms with Crippen molar-refractivity contribution in [3.05, 3.63) is 187 Å². The van der Waals surface area contributed by atoms with Crippen molar-refractivity contribution in [1.29, 1.82) is 0 Å². The maximum Gasteiger partial charge on any atom is 0.470 e. The van der Waals surface area contributed by atoms with Gasteiger partial charge in [0.15, 0.2) is 0 Å². The van der Waals surface area contributed by atoms with E-state index in [-0.39, 0.29) is 23.6 Å². The van der Waals surface area contributed by atoms with E-state index >= 15 is 0 Å². The van der Waals surface area contributed by atoms with Crippen molar-refractivity contribution < 1.29 is 47.7 Å². The van der Waals surface area contributed by atoms with Crippen LogP contribution in [0.1, 0.15) is 113 Å². The predicted molar refractivity (Wildman–Crippen MR) is 291 cm³/mol. The third-order valence-corrected chi connectivity index (χ3v) is 12.9. The second kappa shape index (κ2) is 25.0. The van der Waals surface area contributed by atoms with Crippen molar-refractivity contribution >= 4 is 116 Å². The molecule has 73 heavy (non-hydrogen) atoms. The zero-order chi connectivity index (χ0) is 53.4. The van der Waals surface area contributed by atoms with Gasteiger partial charge in [-0.25, -0.2) is 4.57 Å². The number of nitrogens with one attached hydrogen (secondary N) is 2. The van der Waals surface area contributed by atoms with Crippen LogP contribution in [0.4, 0.5) is 22.7 Å². The lowest BCUT2D eigenvalue weighted by Crippen LogP contribution is -2.32. The van der Waals surface area contributed by atoms with E-state index in [4.69, 9.17) is 27.7 Å². The second-order valence-electron chi connectivity index (χ2n) is 17.2. The molecule has 0 bridgehead atoms. The largest absolute Gasteiger partial charge is 0.470 e. The van der Waals surface area contributed by atoms with Crippen molar-refractivity contribution in [2.75, 3.05) is 33.5 Å². The lowest BCUT2D eigenvalue weighted by atomic mass is 10.0. The van der Waals surface area contributed by atoms with Gasteiger partial charge < -0.3 is 35.3 Å². The zero-order valence-corrected chi connectivity index (χ0v) is 45.4. The topological polar surface area (TPSA) is 203 Å². The van der Waals surface area contributed by atoms with E-state index in [0.717, 1.165) is 16.7 Å². The Morgan fingerprint density at radius 3 is 1.40 bits per heavy atom. The van der Waals surface area contributed by atoms with E-state index in [1.807, 2.05) is 51.1 Å². The number of aryl methyl sites for hydroxylation is 4. The van der Waals surface area contributed by atoms with E-state index < -0.39 is 25.2 Å². The van der Waals surface area contributed by atoms with Gasteiger partial charge in [-0.3, -0.25) is 28.3 Å². The lowest BCUT2D eigenvalue weighted by Gasteiger charge is -2.25. The number of rotatable bonds is 8. The highest BCUT2D eigenvalue weighted by Gasteiger charge is 2.33. The summed E-state index contributed by atoms with van der Waals surface area (Å²) >= 11 is 26.1. The molecule has 0 radical (unpaired) electrons. The number of hydrogen-bond acceptors (Lipinski definition) is 8. The van der Waals surface area contributed by atoms with Crippen LogP contribution in [-0.4, -0.2) is 51.6 Å². The molecule has 0 saturated carbocycles. The van der Waals surface area contributed by atoms with Crippen molar-refractivity contribution in [3.63, 3.8) is 0 Å². The normalized spacial score (nSPS) is 15.4. The summed E-state index contributed by atoms with van der Waals surface area (Å²) in [6, 6.07) is 35.1. The molecule has 384 valence electrons. The van der Waals surface area contributed by atoms with Crippen molar-refractivity contribution in [2.24, 2.45) is 0 Å². The standard InChI is InChI=1S/C26H26ClN2O6P.C26H25ClN2O3.Cl3OP/c1-16-6-3-4-7-20(16)25(30)28-19-10-11-21(17(2)14-19)26(31)29-13-5-8-24(35-36(32,33)34)22-15-18(27)9-12-23(22)29;1-16-6-3-4-7-20(16)25(31)28-19-10-11-21(17(2)14-19)26(32)29-13-5-8-24(30)22-15-18(27)9-12-23(22)29;1-5(2,3)4/h3-4,6-7,9-12,14-15,24H,5,8,13H2,1-2H3,(H,28,30)(H2,32,33,34);3-4,6-7,9-12,14-15,24,30H,5,8,13H2,1-2H3,(H,28,31);. The van der Waals surface area contributed by atoms with Gasteiger partial charge in [0.05, 0.1) is 12.2 Å². The number of benzene rings is 6. The third-order valence-electron chi connectivity index (χ3n) is 11.9. The molecule has 2 aliphatic heterocycles. The fraction of sp³-hybridized carbons (Fsp3) is 0.231. The van der Waals surface area contributed by atoms with Crippen LogP contribution in [0.25, 0.3) is 0 Å². The molecule has 2 aliphatic rings. The van der Waals surface area contributed by atoms with Crippen LogP contribution in [0.2, 0.25) is 10.0 Å². The molecule has 0 spiro atoms. The molecular formula is C52H51Cl5N4O10P2. The molecule has 14 nitrogen and oxygen atoms in total. The van der Waals surface area contributed by atoms with Gasteiger partial charge in [0.1, 0.15) is 0 Å².